The number of carbonyl (C=O) groups is 1. The predicted molar refractivity (Wildman–Crippen MR) is 75.2 cm³/mol. The average Bonchev–Trinajstić information content (AvgIpc) is 2.43. The Morgan fingerprint density at radius 3 is 2.57 bits per heavy atom. The Morgan fingerprint density at radius 1 is 1.24 bits per heavy atom. The first-order valence-electron chi connectivity index (χ1n) is 6.29. The van der Waals surface area contributed by atoms with Crippen LogP contribution in [0, 0.1) is 19.7 Å². The van der Waals surface area contributed by atoms with Gasteiger partial charge in [0.2, 0.25) is 5.95 Å². The van der Waals surface area contributed by atoms with Gasteiger partial charge in [-0.2, -0.15) is 0 Å². The van der Waals surface area contributed by atoms with Crippen molar-refractivity contribution in [1.29, 1.82) is 0 Å². The standard InChI is InChI=1S/C14H15FN4O2/c1-9-7-10(2)17-14(16-9)19-18-13(20)8-21-12-6-4-3-5-11(12)15/h3-7H,8H2,1-2H3,(H,18,20)(H,16,17,19). The maximum Gasteiger partial charge on any atom is 0.276 e. The van der Waals surface area contributed by atoms with Gasteiger partial charge >= 0.3 is 0 Å². The van der Waals surface area contributed by atoms with Crippen LogP contribution in [0.5, 0.6) is 5.75 Å². The van der Waals surface area contributed by atoms with E-state index in [4.69, 9.17) is 4.74 Å². The lowest BCUT2D eigenvalue weighted by atomic mass is 10.3. The maximum absolute atomic E-state index is 13.3. The van der Waals surface area contributed by atoms with Crippen molar-refractivity contribution in [2.45, 2.75) is 13.8 Å². The first kappa shape index (κ1) is 14.7. The lowest BCUT2D eigenvalue weighted by Crippen LogP contribution is -2.34. The van der Waals surface area contributed by atoms with Gasteiger partial charge in [-0.3, -0.25) is 15.6 Å². The number of carbonyl (C=O) groups excluding carboxylic acids is 1. The van der Waals surface area contributed by atoms with Crippen molar-refractivity contribution in [3.63, 3.8) is 0 Å². The number of benzene rings is 1. The second-order valence-electron chi connectivity index (χ2n) is 4.37. The van der Waals surface area contributed by atoms with E-state index in [0.29, 0.717) is 0 Å². The van der Waals surface area contributed by atoms with Gasteiger partial charge in [-0.1, -0.05) is 12.1 Å². The van der Waals surface area contributed by atoms with Crippen LogP contribution in [-0.2, 0) is 4.79 Å². The second kappa shape index (κ2) is 6.65. The average molecular weight is 290 g/mol. The lowest BCUT2D eigenvalue weighted by molar-refractivity contribution is -0.122. The molecular weight excluding hydrogens is 275 g/mol. The van der Waals surface area contributed by atoms with Crippen molar-refractivity contribution in [3.05, 3.63) is 47.5 Å². The molecule has 2 N–H and O–H groups in total. The number of ether oxygens (including phenoxy) is 1. The van der Waals surface area contributed by atoms with Gasteiger partial charge in [0.1, 0.15) is 0 Å². The summed E-state index contributed by atoms with van der Waals surface area (Å²) in [5.74, 6) is -0.682. The van der Waals surface area contributed by atoms with Gasteiger partial charge in [-0.15, -0.1) is 0 Å². The van der Waals surface area contributed by atoms with Crippen molar-refractivity contribution in [2.24, 2.45) is 0 Å². The number of aromatic nitrogens is 2. The third-order valence-electron chi connectivity index (χ3n) is 2.49. The minimum Gasteiger partial charge on any atom is -0.481 e. The van der Waals surface area contributed by atoms with E-state index in [-0.39, 0.29) is 18.3 Å². The molecule has 1 aromatic heterocycles. The minimum absolute atomic E-state index is 0.0234. The van der Waals surface area contributed by atoms with Gasteiger partial charge in [-0.25, -0.2) is 14.4 Å². The van der Waals surface area contributed by atoms with Gasteiger partial charge in [0.15, 0.2) is 18.2 Å². The van der Waals surface area contributed by atoms with E-state index in [9.17, 15) is 9.18 Å². The van der Waals surface area contributed by atoms with Gasteiger partial charge < -0.3 is 4.74 Å². The van der Waals surface area contributed by atoms with Crippen molar-refractivity contribution in [2.75, 3.05) is 12.0 Å². The van der Waals surface area contributed by atoms with Gasteiger partial charge in [0, 0.05) is 11.4 Å². The Kier molecular flexibility index (Phi) is 4.65. The Balaban J connectivity index is 1.84. The molecule has 1 aromatic carbocycles. The molecule has 0 radical (unpaired) electrons. The van der Waals surface area contributed by atoms with Crippen molar-refractivity contribution >= 4 is 11.9 Å². The molecule has 0 fully saturated rings. The zero-order chi connectivity index (χ0) is 15.2. The summed E-state index contributed by atoms with van der Waals surface area (Å²) in [5, 5.41) is 0. The van der Waals surface area contributed by atoms with Gasteiger partial charge in [-0.05, 0) is 32.0 Å². The number of hydrogen-bond acceptors (Lipinski definition) is 5. The highest BCUT2D eigenvalue weighted by atomic mass is 19.1. The number of anilines is 1. The molecule has 0 unspecified atom stereocenters. The summed E-state index contributed by atoms with van der Waals surface area (Å²) in [6.07, 6.45) is 0. The number of hydrazine groups is 1. The van der Waals surface area contributed by atoms with E-state index in [1.54, 1.807) is 12.1 Å². The number of aryl methyl sites for hydroxylation is 2. The fourth-order valence-corrected chi connectivity index (χ4v) is 1.65. The van der Waals surface area contributed by atoms with Crippen LogP contribution < -0.4 is 15.6 Å². The number of para-hydroxylation sites is 1. The fraction of sp³-hybridized carbons (Fsp3) is 0.214. The molecule has 7 heteroatoms. The van der Waals surface area contributed by atoms with E-state index in [0.717, 1.165) is 11.4 Å². The van der Waals surface area contributed by atoms with Crippen molar-refractivity contribution < 1.29 is 13.9 Å². The molecule has 6 nitrogen and oxygen atoms in total. The molecule has 110 valence electrons. The van der Waals surface area contributed by atoms with Gasteiger partial charge in [0.05, 0.1) is 0 Å². The van der Waals surface area contributed by atoms with Crippen LogP contribution in [0.25, 0.3) is 0 Å². The number of nitrogens with zero attached hydrogens (tertiary/aromatic N) is 2. The number of rotatable bonds is 5. The van der Waals surface area contributed by atoms with E-state index in [1.165, 1.54) is 12.1 Å². The Morgan fingerprint density at radius 2 is 1.90 bits per heavy atom. The summed E-state index contributed by atoms with van der Waals surface area (Å²) in [4.78, 5) is 19.8. The molecule has 0 aliphatic rings. The highest BCUT2D eigenvalue weighted by molar-refractivity contribution is 5.78. The summed E-state index contributed by atoms with van der Waals surface area (Å²) in [5.41, 5.74) is 6.52. The first-order valence-corrected chi connectivity index (χ1v) is 6.29. The van der Waals surface area contributed by atoms with Crippen molar-refractivity contribution in [1.82, 2.24) is 15.4 Å². The summed E-state index contributed by atoms with van der Waals surface area (Å²) < 4.78 is 18.4. The Labute approximate surface area is 121 Å². The van der Waals surface area contributed by atoms with Crippen LogP contribution in [-0.4, -0.2) is 22.5 Å². The monoisotopic (exact) mass is 290 g/mol. The quantitative estimate of drug-likeness (QED) is 0.821. The van der Waals surface area contributed by atoms with E-state index in [1.807, 2.05) is 19.9 Å². The maximum atomic E-state index is 13.3. The normalized spacial score (nSPS) is 10.0. The highest BCUT2D eigenvalue weighted by Crippen LogP contribution is 2.14. The number of amides is 1. The SMILES string of the molecule is Cc1cc(C)nc(NNC(=O)COc2ccccc2F)n1. The second-order valence-corrected chi connectivity index (χ2v) is 4.37. The zero-order valence-electron chi connectivity index (χ0n) is 11.7. The molecule has 0 spiro atoms. The van der Waals surface area contributed by atoms with Crippen LogP contribution in [0.15, 0.2) is 30.3 Å². The third kappa shape index (κ3) is 4.41. The van der Waals surface area contributed by atoms with E-state index in [2.05, 4.69) is 20.8 Å². The molecule has 1 heterocycles. The molecule has 21 heavy (non-hydrogen) atoms. The Hall–Kier alpha value is -2.70. The molecular formula is C14H15FN4O2. The first-order chi connectivity index (χ1) is 10.0. The van der Waals surface area contributed by atoms with E-state index >= 15 is 0 Å². The summed E-state index contributed by atoms with van der Waals surface area (Å²) >= 11 is 0. The van der Waals surface area contributed by atoms with Crippen LogP contribution in [0.3, 0.4) is 0 Å². The van der Waals surface area contributed by atoms with Crippen LogP contribution in [0.1, 0.15) is 11.4 Å². The predicted octanol–water partition coefficient (Wildman–Crippen LogP) is 1.75. The number of hydrogen-bond donors (Lipinski definition) is 2. The topological polar surface area (TPSA) is 76.1 Å². The lowest BCUT2D eigenvalue weighted by Gasteiger charge is -2.09. The highest BCUT2D eigenvalue weighted by Gasteiger charge is 2.06. The summed E-state index contributed by atoms with van der Waals surface area (Å²) in [7, 11) is 0. The molecule has 0 saturated heterocycles. The largest absolute Gasteiger partial charge is 0.481 e. The number of nitrogens with one attached hydrogen (secondary N) is 2. The Bertz CT molecular complexity index is 628. The fourth-order valence-electron chi connectivity index (χ4n) is 1.65. The van der Waals surface area contributed by atoms with Crippen molar-refractivity contribution in [3.8, 4) is 5.75 Å². The van der Waals surface area contributed by atoms with Crippen LogP contribution in [0.4, 0.5) is 10.3 Å². The molecule has 1 amide bonds. The third-order valence-corrected chi connectivity index (χ3v) is 2.49. The summed E-state index contributed by atoms with van der Waals surface area (Å²) in [6.45, 7) is 3.32. The zero-order valence-corrected chi connectivity index (χ0v) is 11.7. The molecule has 0 aliphatic carbocycles. The molecule has 0 saturated carbocycles. The molecule has 0 aliphatic heterocycles. The van der Waals surface area contributed by atoms with E-state index < -0.39 is 11.7 Å². The minimum atomic E-state index is -0.518. The molecule has 0 atom stereocenters. The molecule has 0 bridgehead atoms. The van der Waals surface area contributed by atoms with Crippen LogP contribution >= 0.6 is 0 Å². The molecule has 2 rings (SSSR count). The summed E-state index contributed by atoms with van der Waals surface area (Å²) in [6, 6.07) is 7.69. The van der Waals surface area contributed by atoms with Crippen LogP contribution in [0.2, 0.25) is 0 Å². The smallest absolute Gasteiger partial charge is 0.276 e. The molecule has 2 aromatic rings. The van der Waals surface area contributed by atoms with Gasteiger partial charge in [0.25, 0.3) is 5.91 Å². The number of halogens is 1.